The lowest BCUT2D eigenvalue weighted by Gasteiger charge is -2.23. The van der Waals surface area contributed by atoms with Gasteiger partial charge in [0.25, 0.3) is 0 Å². The predicted octanol–water partition coefficient (Wildman–Crippen LogP) is -5.77. The number of aliphatic hydroxyl groups excluding tert-OH is 4. The Kier molecular flexibility index (Phi) is 24.5. The van der Waals surface area contributed by atoms with Gasteiger partial charge in [0, 0.05) is 0 Å². The van der Waals surface area contributed by atoms with E-state index >= 15 is 0 Å². The number of rotatable bonds is 4. The molecule has 0 unspecified atom stereocenters. The fourth-order valence-electron chi connectivity index (χ4n) is 0.300. The lowest BCUT2D eigenvalue weighted by atomic mass is 9.93. The molecule has 0 heterocycles. The van der Waals surface area contributed by atoms with E-state index in [1.807, 2.05) is 0 Å². The van der Waals surface area contributed by atoms with E-state index in [4.69, 9.17) is 97.4 Å². The summed E-state index contributed by atoms with van der Waals surface area (Å²) in [5.74, 6) is 0. The molecule has 0 saturated heterocycles. The average molecular weight is 528 g/mol. The van der Waals surface area contributed by atoms with Gasteiger partial charge in [-0.15, -0.1) is 0 Å². The first-order chi connectivity index (χ1) is 12.2. The molecule has 0 bridgehead atoms. The van der Waals surface area contributed by atoms with Crippen molar-refractivity contribution in [3.63, 3.8) is 0 Å². The van der Waals surface area contributed by atoms with Gasteiger partial charge in [-0.1, -0.05) is 0 Å². The Morgan fingerprint density at radius 1 is 0.379 bits per heavy atom. The first-order valence-electron chi connectivity index (χ1n) is 5.81. The summed E-state index contributed by atoms with van der Waals surface area (Å²) in [6.07, 6.45) is 0. The van der Waals surface area contributed by atoms with Gasteiger partial charge in [0.1, 0.15) is 0 Å². The normalized spacial score (nSPS) is 11.9. The second-order valence-corrected chi connectivity index (χ2v) is 8.29. The van der Waals surface area contributed by atoms with Crippen LogP contribution in [0.2, 0.25) is 0 Å². The molecule has 0 saturated carbocycles. The van der Waals surface area contributed by atoms with Crippen molar-refractivity contribution < 1.29 is 97.4 Å². The molecular weight excluding hydrogens is 504 g/mol. The fraction of sp³-hybridized carbons (Fsp3) is 1.00. The molecule has 0 aromatic carbocycles. The molecule has 0 fully saturated rings. The van der Waals surface area contributed by atoms with Crippen molar-refractivity contribution >= 4 is 31.3 Å². The molecule has 29 heavy (non-hydrogen) atoms. The maximum Gasteiger partial charge on any atom is 0.466 e. The Bertz CT molecular complexity index is 415. The molecule has 20 nitrogen and oxygen atoms in total. The molecule has 0 radical (unpaired) electrons. The second-order valence-electron chi connectivity index (χ2n) is 4.19. The molecule has 0 aliphatic rings. The second kappa shape index (κ2) is 17.9. The predicted molar refractivity (Wildman–Crippen MR) is 87.8 cm³/mol. The third-order valence-corrected chi connectivity index (χ3v) is 1.34. The number of phosphoric acid groups is 4. The number of hydrogen-bond donors (Lipinski definition) is 16. The van der Waals surface area contributed by atoms with E-state index in [1.54, 1.807) is 0 Å². The smallest absolute Gasteiger partial charge is 0.396 e. The van der Waals surface area contributed by atoms with Gasteiger partial charge in [-0.25, -0.2) is 18.3 Å². The van der Waals surface area contributed by atoms with E-state index in [-0.39, 0.29) is 0 Å². The van der Waals surface area contributed by atoms with Gasteiger partial charge in [-0.2, -0.15) is 0 Å². The Morgan fingerprint density at radius 2 is 0.448 bits per heavy atom. The summed E-state index contributed by atoms with van der Waals surface area (Å²) in [6, 6.07) is 0. The summed E-state index contributed by atoms with van der Waals surface area (Å²) in [5, 5.41) is 34.0. The molecule has 24 heteroatoms. The summed E-state index contributed by atoms with van der Waals surface area (Å²) >= 11 is 0. The molecule has 0 aliphatic heterocycles. The van der Waals surface area contributed by atoms with Crippen molar-refractivity contribution in [1.29, 1.82) is 0 Å². The third-order valence-electron chi connectivity index (χ3n) is 1.34. The largest absolute Gasteiger partial charge is 0.466 e. The SMILES string of the molecule is O=P(O)(O)O.O=P(O)(O)O.O=P(O)(O)O.O=P(O)(O)O.OCC(CO)(CO)CO. The van der Waals surface area contributed by atoms with Crippen LogP contribution in [-0.2, 0) is 18.3 Å². The maximum atomic E-state index is 8.88. The minimum Gasteiger partial charge on any atom is -0.396 e. The van der Waals surface area contributed by atoms with Crippen molar-refractivity contribution in [2.75, 3.05) is 26.4 Å². The maximum absolute atomic E-state index is 8.88. The van der Waals surface area contributed by atoms with Crippen LogP contribution in [0.15, 0.2) is 0 Å². The highest BCUT2D eigenvalue weighted by atomic mass is 31.2. The van der Waals surface area contributed by atoms with E-state index in [9.17, 15) is 0 Å². The Hall–Kier alpha value is 0.280. The average Bonchev–Trinajstić information content (AvgIpc) is 2.34. The molecule has 0 aromatic rings. The zero-order chi connectivity index (χ0) is 25.3. The molecule has 184 valence electrons. The van der Waals surface area contributed by atoms with E-state index in [2.05, 4.69) is 0 Å². The Balaban J connectivity index is -0.0000000853. The number of hydrogen-bond acceptors (Lipinski definition) is 8. The van der Waals surface area contributed by atoms with Crippen LogP contribution in [0, 0.1) is 5.41 Å². The minimum atomic E-state index is -4.64. The van der Waals surface area contributed by atoms with Crippen LogP contribution < -0.4 is 0 Å². The molecule has 0 rings (SSSR count). The summed E-state index contributed by atoms with van der Waals surface area (Å²) in [6.45, 7) is -1.62. The van der Waals surface area contributed by atoms with Crippen molar-refractivity contribution in [1.82, 2.24) is 0 Å². The first kappa shape index (κ1) is 39.7. The van der Waals surface area contributed by atoms with Crippen molar-refractivity contribution in [2.24, 2.45) is 5.41 Å². The highest BCUT2D eigenvalue weighted by Gasteiger charge is 2.26. The summed E-state index contributed by atoms with van der Waals surface area (Å²) in [5.41, 5.74) is -1.11. The van der Waals surface area contributed by atoms with E-state index in [0.717, 1.165) is 0 Å². The van der Waals surface area contributed by atoms with Crippen molar-refractivity contribution in [3.8, 4) is 0 Å². The molecule has 0 aromatic heterocycles. The lowest BCUT2D eigenvalue weighted by Crippen LogP contribution is -2.37. The van der Waals surface area contributed by atoms with Crippen LogP contribution in [0.4, 0.5) is 0 Å². The van der Waals surface area contributed by atoms with Gasteiger partial charge in [-0.05, 0) is 0 Å². The van der Waals surface area contributed by atoms with E-state index in [0.29, 0.717) is 0 Å². The summed E-state index contributed by atoms with van der Waals surface area (Å²) in [4.78, 5) is 86.2. The molecule has 0 amide bonds. The highest BCUT2D eigenvalue weighted by Crippen LogP contribution is 2.27. The van der Waals surface area contributed by atoms with Gasteiger partial charge >= 0.3 is 31.3 Å². The fourth-order valence-corrected chi connectivity index (χ4v) is 0.300. The zero-order valence-corrected chi connectivity index (χ0v) is 17.5. The molecule has 0 atom stereocenters. The quantitative estimate of drug-likeness (QED) is 0.151. The third kappa shape index (κ3) is 130. The topological polar surface area (TPSA) is 392 Å². The lowest BCUT2D eigenvalue weighted by molar-refractivity contribution is -0.0328. The summed E-state index contributed by atoms with van der Waals surface area (Å²) < 4.78 is 35.5. The van der Waals surface area contributed by atoms with Crippen LogP contribution in [0.25, 0.3) is 0 Å². The number of aliphatic hydroxyl groups is 4. The van der Waals surface area contributed by atoms with Gasteiger partial charge in [-0.3, -0.25) is 0 Å². The minimum absolute atomic E-state index is 0.406. The molecule has 0 spiro atoms. The monoisotopic (exact) mass is 528 g/mol. The first-order valence-corrected chi connectivity index (χ1v) is 12.1. The van der Waals surface area contributed by atoms with Crippen LogP contribution >= 0.6 is 31.3 Å². The van der Waals surface area contributed by atoms with E-state index < -0.39 is 63.1 Å². The van der Waals surface area contributed by atoms with Gasteiger partial charge in [0.2, 0.25) is 0 Å². The molecule has 0 aliphatic carbocycles. The van der Waals surface area contributed by atoms with Crippen molar-refractivity contribution in [3.05, 3.63) is 0 Å². The summed E-state index contributed by atoms with van der Waals surface area (Å²) in [7, 11) is -18.6. The van der Waals surface area contributed by atoms with E-state index in [1.165, 1.54) is 0 Å². The van der Waals surface area contributed by atoms with Gasteiger partial charge in [0.05, 0.1) is 31.8 Å². The highest BCUT2D eigenvalue weighted by molar-refractivity contribution is 7.45. The Labute approximate surface area is 161 Å². The van der Waals surface area contributed by atoms with Crippen molar-refractivity contribution in [2.45, 2.75) is 0 Å². The van der Waals surface area contributed by atoms with Crippen LogP contribution in [0.5, 0.6) is 0 Å². The van der Waals surface area contributed by atoms with Gasteiger partial charge in [0.15, 0.2) is 0 Å². The van der Waals surface area contributed by atoms with Crippen LogP contribution in [-0.4, -0.2) is 106 Å². The standard InChI is InChI=1S/C5H12O4.4H3O4P/c6-1-5(2-7,3-8)4-9;4*1-5(2,3)4/h6-9H,1-4H2;4*(H3,1,2,3,4). The van der Waals surface area contributed by atoms with Crippen LogP contribution in [0.1, 0.15) is 0 Å². The zero-order valence-electron chi connectivity index (χ0n) is 13.9. The van der Waals surface area contributed by atoms with Crippen LogP contribution in [0.3, 0.4) is 0 Å². The van der Waals surface area contributed by atoms with Gasteiger partial charge < -0.3 is 79.1 Å². The Morgan fingerprint density at radius 3 is 0.448 bits per heavy atom. The molecule has 16 N–H and O–H groups in total. The molecular formula is C5H24O20P4.